The lowest BCUT2D eigenvalue weighted by molar-refractivity contribution is 0.0487. The largest absolute Gasteiger partial charge is 0.381 e. The van der Waals surface area contributed by atoms with E-state index in [1.54, 1.807) is 0 Å². The van der Waals surface area contributed by atoms with Crippen molar-refractivity contribution < 1.29 is 4.74 Å². The topological polar surface area (TPSA) is 64.9 Å². The van der Waals surface area contributed by atoms with Gasteiger partial charge in [-0.3, -0.25) is 0 Å². The maximum atomic E-state index is 5.41. The summed E-state index contributed by atoms with van der Waals surface area (Å²) in [5.74, 6) is 1.59. The van der Waals surface area contributed by atoms with Crippen LogP contribution >= 0.6 is 0 Å². The van der Waals surface area contributed by atoms with E-state index in [9.17, 15) is 0 Å². The predicted molar refractivity (Wildman–Crippen MR) is 65.9 cm³/mol. The molecule has 100 valence electrons. The molecule has 1 aromatic rings. The molecule has 2 fully saturated rings. The van der Waals surface area contributed by atoms with E-state index in [1.165, 1.54) is 12.8 Å². The van der Waals surface area contributed by atoms with Crippen LogP contribution < -0.4 is 5.32 Å². The first-order chi connectivity index (χ1) is 8.84. The van der Waals surface area contributed by atoms with E-state index in [-0.39, 0.29) is 0 Å². The highest BCUT2D eigenvalue weighted by atomic mass is 16.5. The summed E-state index contributed by atoms with van der Waals surface area (Å²) in [4.78, 5) is 0. The SMILES string of the molecule is CC(C1CCOCC1)n1nnnc1CNC1CC1. The predicted octanol–water partition coefficient (Wildman–Crippen LogP) is 0.913. The Morgan fingerprint density at radius 1 is 1.33 bits per heavy atom. The highest BCUT2D eigenvalue weighted by molar-refractivity contribution is 4.89. The molecule has 1 aliphatic carbocycles. The third kappa shape index (κ3) is 2.70. The second-order valence-corrected chi connectivity index (χ2v) is 5.39. The molecule has 3 rings (SSSR count). The highest BCUT2D eigenvalue weighted by Crippen LogP contribution is 2.27. The van der Waals surface area contributed by atoms with Crippen LogP contribution in [-0.2, 0) is 11.3 Å². The van der Waals surface area contributed by atoms with E-state index in [1.807, 2.05) is 4.68 Å². The number of hydrogen-bond acceptors (Lipinski definition) is 5. The van der Waals surface area contributed by atoms with Crippen molar-refractivity contribution >= 4 is 0 Å². The number of ether oxygens (including phenoxy) is 1. The first-order valence-corrected chi connectivity index (χ1v) is 6.92. The van der Waals surface area contributed by atoms with Crippen molar-refractivity contribution in [3.8, 4) is 0 Å². The fraction of sp³-hybridized carbons (Fsp3) is 0.917. The summed E-state index contributed by atoms with van der Waals surface area (Å²) in [6.45, 7) is 4.73. The van der Waals surface area contributed by atoms with Gasteiger partial charge in [0.15, 0.2) is 5.82 Å². The van der Waals surface area contributed by atoms with Gasteiger partial charge >= 0.3 is 0 Å². The Labute approximate surface area is 107 Å². The van der Waals surface area contributed by atoms with Crippen LogP contribution in [0.1, 0.15) is 44.5 Å². The summed E-state index contributed by atoms with van der Waals surface area (Å²) < 4.78 is 7.40. The minimum absolute atomic E-state index is 0.361. The molecule has 18 heavy (non-hydrogen) atoms. The molecule has 0 aromatic carbocycles. The standard InChI is InChI=1S/C12H21N5O/c1-9(10-4-6-18-7-5-10)17-12(14-15-16-17)8-13-11-2-3-11/h9-11,13H,2-8H2,1H3. The van der Waals surface area contributed by atoms with Crippen LogP contribution in [0.3, 0.4) is 0 Å². The Balaban J connectivity index is 1.63. The molecule has 1 saturated heterocycles. The van der Waals surface area contributed by atoms with E-state index in [0.29, 0.717) is 18.0 Å². The third-order valence-electron chi connectivity index (χ3n) is 4.02. The average Bonchev–Trinajstić information content (AvgIpc) is 3.14. The average molecular weight is 251 g/mol. The molecule has 1 atom stereocenters. The second-order valence-electron chi connectivity index (χ2n) is 5.39. The molecular weight excluding hydrogens is 230 g/mol. The summed E-state index contributed by atoms with van der Waals surface area (Å²) in [6.07, 6.45) is 4.79. The van der Waals surface area contributed by atoms with E-state index in [2.05, 4.69) is 27.8 Å². The van der Waals surface area contributed by atoms with Gasteiger partial charge in [0.25, 0.3) is 0 Å². The van der Waals surface area contributed by atoms with Gasteiger partial charge in [-0.1, -0.05) is 0 Å². The van der Waals surface area contributed by atoms with Crippen molar-refractivity contribution in [2.45, 2.75) is 51.2 Å². The summed E-state index contributed by atoms with van der Waals surface area (Å²) in [5.41, 5.74) is 0. The second kappa shape index (κ2) is 5.32. The first kappa shape index (κ1) is 12.0. The van der Waals surface area contributed by atoms with Crippen LogP contribution in [0.15, 0.2) is 0 Å². The number of nitrogens with zero attached hydrogens (tertiary/aromatic N) is 4. The molecular formula is C12H21N5O. The summed E-state index contributed by atoms with van der Waals surface area (Å²) in [7, 11) is 0. The van der Waals surface area contributed by atoms with Gasteiger partial charge in [-0.2, -0.15) is 0 Å². The van der Waals surface area contributed by atoms with Gasteiger partial charge in [0.1, 0.15) is 0 Å². The first-order valence-electron chi connectivity index (χ1n) is 6.92. The Morgan fingerprint density at radius 2 is 2.11 bits per heavy atom. The maximum Gasteiger partial charge on any atom is 0.165 e. The van der Waals surface area contributed by atoms with Crippen LogP contribution in [0.4, 0.5) is 0 Å². The van der Waals surface area contributed by atoms with Crippen LogP contribution in [0.2, 0.25) is 0 Å². The third-order valence-corrected chi connectivity index (χ3v) is 4.02. The van der Waals surface area contributed by atoms with Crippen LogP contribution in [0, 0.1) is 5.92 Å². The minimum atomic E-state index is 0.361. The fourth-order valence-electron chi connectivity index (χ4n) is 2.57. The Bertz CT molecular complexity index is 384. The Morgan fingerprint density at radius 3 is 2.83 bits per heavy atom. The van der Waals surface area contributed by atoms with Gasteiger partial charge in [-0.15, -0.1) is 5.10 Å². The molecule has 1 saturated carbocycles. The zero-order valence-corrected chi connectivity index (χ0v) is 10.9. The number of aromatic nitrogens is 4. The zero-order chi connectivity index (χ0) is 12.4. The lowest BCUT2D eigenvalue weighted by atomic mass is 9.93. The number of tetrazole rings is 1. The molecule has 1 unspecified atom stereocenters. The molecule has 6 heteroatoms. The molecule has 1 aliphatic heterocycles. The van der Waals surface area contributed by atoms with Crippen molar-refractivity contribution in [2.75, 3.05) is 13.2 Å². The van der Waals surface area contributed by atoms with Gasteiger partial charge in [0, 0.05) is 19.3 Å². The molecule has 6 nitrogen and oxygen atoms in total. The van der Waals surface area contributed by atoms with Crippen LogP contribution in [-0.4, -0.2) is 39.5 Å². The van der Waals surface area contributed by atoms with Gasteiger partial charge < -0.3 is 10.1 Å². The van der Waals surface area contributed by atoms with Crippen molar-refractivity contribution in [2.24, 2.45) is 5.92 Å². The lowest BCUT2D eigenvalue weighted by Crippen LogP contribution is -2.27. The quantitative estimate of drug-likeness (QED) is 0.842. The molecule has 0 spiro atoms. The van der Waals surface area contributed by atoms with Crippen molar-refractivity contribution in [3.63, 3.8) is 0 Å². The van der Waals surface area contributed by atoms with Gasteiger partial charge in [0.05, 0.1) is 12.6 Å². The van der Waals surface area contributed by atoms with E-state index < -0.39 is 0 Å². The molecule has 2 aliphatic rings. The molecule has 1 aromatic heterocycles. The molecule has 0 radical (unpaired) electrons. The maximum absolute atomic E-state index is 5.41. The van der Waals surface area contributed by atoms with Crippen LogP contribution in [0.25, 0.3) is 0 Å². The number of rotatable bonds is 5. The lowest BCUT2D eigenvalue weighted by Gasteiger charge is -2.28. The van der Waals surface area contributed by atoms with Crippen LogP contribution in [0.5, 0.6) is 0 Å². The highest BCUT2D eigenvalue weighted by Gasteiger charge is 2.26. The summed E-state index contributed by atoms with van der Waals surface area (Å²) in [6, 6.07) is 1.05. The summed E-state index contributed by atoms with van der Waals surface area (Å²) in [5, 5.41) is 15.6. The van der Waals surface area contributed by atoms with E-state index >= 15 is 0 Å². The van der Waals surface area contributed by atoms with Gasteiger partial charge in [-0.25, -0.2) is 4.68 Å². The van der Waals surface area contributed by atoms with E-state index in [0.717, 1.165) is 38.4 Å². The minimum Gasteiger partial charge on any atom is -0.381 e. The Hall–Kier alpha value is -1.01. The number of hydrogen-bond donors (Lipinski definition) is 1. The zero-order valence-electron chi connectivity index (χ0n) is 10.9. The fourth-order valence-corrected chi connectivity index (χ4v) is 2.57. The number of nitrogens with one attached hydrogen (secondary N) is 1. The van der Waals surface area contributed by atoms with E-state index in [4.69, 9.17) is 4.74 Å². The van der Waals surface area contributed by atoms with Crippen molar-refractivity contribution in [1.29, 1.82) is 0 Å². The van der Waals surface area contributed by atoms with Crippen molar-refractivity contribution in [1.82, 2.24) is 25.5 Å². The molecule has 0 amide bonds. The van der Waals surface area contributed by atoms with Gasteiger partial charge in [-0.05, 0) is 49.0 Å². The Kier molecular flexibility index (Phi) is 3.56. The normalized spacial score (nSPS) is 23.2. The van der Waals surface area contributed by atoms with Gasteiger partial charge in [0.2, 0.25) is 0 Å². The molecule has 2 heterocycles. The monoisotopic (exact) mass is 251 g/mol. The smallest absolute Gasteiger partial charge is 0.165 e. The van der Waals surface area contributed by atoms with Crippen molar-refractivity contribution in [3.05, 3.63) is 5.82 Å². The summed E-state index contributed by atoms with van der Waals surface area (Å²) >= 11 is 0. The molecule has 1 N–H and O–H groups in total. The molecule has 0 bridgehead atoms.